The number of hydrogen-bond donors (Lipinski definition) is 0. The summed E-state index contributed by atoms with van der Waals surface area (Å²) in [7, 11) is 3.08. The van der Waals surface area contributed by atoms with Crippen molar-refractivity contribution in [2.24, 2.45) is 0 Å². The lowest BCUT2D eigenvalue weighted by Gasteiger charge is -2.40. The highest BCUT2D eigenvalue weighted by Gasteiger charge is 2.33. The van der Waals surface area contributed by atoms with E-state index in [9.17, 15) is 9.59 Å². The zero-order valence-electron chi connectivity index (χ0n) is 28.9. The molecule has 49 heavy (non-hydrogen) atoms. The first-order valence-electron chi connectivity index (χ1n) is 17.4. The van der Waals surface area contributed by atoms with Gasteiger partial charge in [-0.25, -0.2) is 9.18 Å². The number of benzene rings is 1. The Bertz CT molecular complexity index is 1890. The number of rotatable bonds is 9. The lowest BCUT2D eigenvalue weighted by atomic mass is 10.0. The maximum Gasteiger partial charge on any atom is 0.409 e. The first kappa shape index (κ1) is 33.0. The number of carbonyl (C=O) groups excluding carboxylic acids is 1. The third-order valence-electron chi connectivity index (χ3n) is 10.5. The highest BCUT2D eigenvalue weighted by atomic mass is 19.1. The van der Waals surface area contributed by atoms with Gasteiger partial charge in [-0.1, -0.05) is 0 Å². The van der Waals surface area contributed by atoms with Crippen molar-refractivity contribution in [3.63, 3.8) is 0 Å². The van der Waals surface area contributed by atoms with E-state index >= 15 is 4.39 Å². The van der Waals surface area contributed by atoms with Gasteiger partial charge in [0.1, 0.15) is 5.82 Å². The number of ether oxygens (including phenoxy) is 1. The molecule has 7 rings (SSSR count). The molecule has 2 aliphatic heterocycles. The number of halogens is 1. The number of nitrogens with zero attached hydrogens (tertiary/aromatic N) is 7. The molecule has 4 aromatic rings. The minimum Gasteiger partial charge on any atom is -0.453 e. The van der Waals surface area contributed by atoms with Crippen LogP contribution in [0.1, 0.15) is 60.7 Å². The molecule has 0 N–H and O–H groups in total. The Labute approximate surface area is 287 Å². The maximum atomic E-state index is 16.0. The Morgan fingerprint density at radius 2 is 1.78 bits per heavy atom. The summed E-state index contributed by atoms with van der Waals surface area (Å²) in [5.41, 5.74) is 6.03. The number of aromatic nitrogens is 3. The summed E-state index contributed by atoms with van der Waals surface area (Å²) in [6, 6.07) is 12.1. The first-order chi connectivity index (χ1) is 23.7. The van der Waals surface area contributed by atoms with Gasteiger partial charge in [0.2, 0.25) is 0 Å². The molecule has 11 heteroatoms. The van der Waals surface area contributed by atoms with Crippen LogP contribution in [-0.4, -0.2) is 82.8 Å². The molecule has 3 aliphatic rings. The SMILES string of the molecule is COC(=O)N(C)[C@@H]1CCN(c2cc3c(cc2F)c(=O)c(CN(Cc2ccnc(C)c2)[C@H]2CCCN(c4ccc(C)nc4)C2)cn3C2CC2)C1. The Kier molecular flexibility index (Phi) is 9.28. The van der Waals surface area contributed by atoms with E-state index in [1.165, 1.54) is 13.2 Å². The summed E-state index contributed by atoms with van der Waals surface area (Å²) >= 11 is 0. The molecule has 10 nitrogen and oxygen atoms in total. The highest BCUT2D eigenvalue weighted by Crippen LogP contribution is 2.39. The fourth-order valence-corrected chi connectivity index (χ4v) is 7.60. The largest absolute Gasteiger partial charge is 0.453 e. The van der Waals surface area contributed by atoms with Crippen LogP contribution in [0.4, 0.5) is 20.6 Å². The minimum atomic E-state index is -0.413. The average molecular weight is 668 g/mol. The monoisotopic (exact) mass is 667 g/mol. The summed E-state index contributed by atoms with van der Waals surface area (Å²) in [5, 5.41) is 0.420. The van der Waals surface area contributed by atoms with Crippen molar-refractivity contribution in [3.05, 3.63) is 93.5 Å². The van der Waals surface area contributed by atoms with Crippen LogP contribution < -0.4 is 15.2 Å². The van der Waals surface area contributed by atoms with Gasteiger partial charge < -0.3 is 24.0 Å². The van der Waals surface area contributed by atoms with Crippen LogP contribution in [-0.2, 0) is 17.8 Å². The van der Waals surface area contributed by atoms with Crippen molar-refractivity contribution in [2.45, 2.75) is 77.2 Å². The Morgan fingerprint density at radius 3 is 2.51 bits per heavy atom. The standard InChI is InChI=1S/C38H46FN7O3/c1-25-7-8-30(19-41-25)43-14-5-6-32(24-43)45(20-27-11-13-40-26(2)16-27)21-28-22-46(29-9-10-29)35-18-36(34(39)17-33(35)37(28)47)44-15-12-31(23-44)42(3)38(48)49-4/h7-8,11,13,16-19,22,29,31-32H,5-6,9-10,12,14-15,20-21,23-24H2,1-4H3/t31-,32+/m1/s1. The Morgan fingerprint density at radius 1 is 0.959 bits per heavy atom. The van der Waals surface area contributed by atoms with Crippen molar-refractivity contribution < 1.29 is 13.9 Å². The zero-order valence-corrected chi connectivity index (χ0v) is 28.9. The van der Waals surface area contributed by atoms with Gasteiger partial charge in [-0.05, 0) is 87.9 Å². The third-order valence-corrected chi connectivity index (χ3v) is 10.5. The van der Waals surface area contributed by atoms with Crippen LogP contribution in [0.25, 0.3) is 10.9 Å². The molecule has 2 saturated heterocycles. The molecule has 0 bridgehead atoms. The topological polar surface area (TPSA) is 87.0 Å². The summed E-state index contributed by atoms with van der Waals surface area (Å²) < 4.78 is 23.1. The lowest BCUT2D eigenvalue weighted by molar-refractivity contribution is 0.121. The van der Waals surface area contributed by atoms with Crippen LogP contribution >= 0.6 is 0 Å². The van der Waals surface area contributed by atoms with Gasteiger partial charge in [0.05, 0.1) is 36.2 Å². The van der Waals surface area contributed by atoms with E-state index in [-0.39, 0.29) is 23.6 Å². The summed E-state index contributed by atoms with van der Waals surface area (Å²) in [4.78, 5) is 43.8. The molecule has 0 radical (unpaired) electrons. The van der Waals surface area contributed by atoms with Crippen LogP contribution in [0.2, 0.25) is 0 Å². The molecule has 3 aromatic heterocycles. The molecule has 0 unspecified atom stereocenters. The Hall–Kier alpha value is -4.51. The molecule has 1 saturated carbocycles. The van der Waals surface area contributed by atoms with Gasteiger partial charge in [-0.2, -0.15) is 0 Å². The molecular formula is C38H46FN7O3. The van der Waals surface area contributed by atoms with Gasteiger partial charge in [-0.15, -0.1) is 0 Å². The number of hydrogen-bond acceptors (Lipinski definition) is 8. The molecule has 1 aliphatic carbocycles. The molecule has 0 spiro atoms. The predicted molar refractivity (Wildman–Crippen MR) is 190 cm³/mol. The van der Waals surface area contributed by atoms with Gasteiger partial charge in [-0.3, -0.25) is 19.7 Å². The molecule has 258 valence electrons. The summed E-state index contributed by atoms with van der Waals surface area (Å²) in [6.45, 7) is 8.05. The molecule has 1 amide bonds. The van der Waals surface area contributed by atoms with E-state index in [4.69, 9.17) is 4.74 Å². The molecular weight excluding hydrogens is 621 g/mol. The number of piperidine rings is 1. The summed E-state index contributed by atoms with van der Waals surface area (Å²) in [5.74, 6) is -0.413. The predicted octanol–water partition coefficient (Wildman–Crippen LogP) is 5.83. The lowest BCUT2D eigenvalue weighted by Crippen LogP contribution is -2.48. The number of aryl methyl sites for hydroxylation is 2. The van der Waals surface area contributed by atoms with Crippen LogP contribution in [0.5, 0.6) is 0 Å². The minimum absolute atomic E-state index is 0.0799. The van der Waals surface area contributed by atoms with E-state index in [0.717, 1.165) is 66.9 Å². The molecule has 5 heterocycles. The number of likely N-dealkylation sites (N-methyl/N-ethyl adjacent to an activating group) is 1. The maximum absolute atomic E-state index is 16.0. The second kappa shape index (κ2) is 13.8. The van der Waals surface area contributed by atoms with Gasteiger partial charge in [0, 0.05) is 93.1 Å². The van der Waals surface area contributed by atoms with Crippen LogP contribution in [0.15, 0.2) is 59.8 Å². The van der Waals surface area contributed by atoms with Crippen molar-refractivity contribution >= 4 is 28.4 Å². The molecule has 3 fully saturated rings. The smallest absolute Gasteiger partial charge is 0.409 e. The number of pyridine rings is 3. The second-order valence-corrected chi connectivity index (χ2v) is 14.0. The number of carbonyl (C=O) groups is 1. The number of fused-ring (bicyclic) bond motifs is 1. The third kappa shape index (κ3) is 6.99. The highest BCUT2D eigenvalue weighted by molar-refractivity contribution is 5.84. The van der Waals surface area contributed by atoms with E-state index in [1.807, 2.05) is 43.4 Å². The van der Waals surface area contributed by atoms with Gasteiger partial charge in [0.25, 0.3) is 0 Å². The Balaban J connectivity index is 1.21. The van der Waals surface area contributed by atoms with E-state index in [0.29, 0.717) is 49.2 Å². The normalized spacial score (nSPS) is 19.6. The van der Waals surface area contributed by atoms with Crippen molar-refractivity contribution in [2.75, 3.05) is 50.1 Å². The van der Waals surface area contributed by atoms with E-state index in [2.05, 4.69) is 48.6 Å². The first-order valence-corrected chi connectivity index (χ1v) is 17.4. The second-order valence-electron chi connectivity index (χ2n) is 14.0. The van der Waals surface area contributed by atoms with Crippen molar-refractivity contribution in [1.82, 2.24) is 24.3 Å². The van der Waals surface area contributed by atoms with Crippen molar-refractivity contribution in [1.29, 1.82) is 0 Å². The molecule has 1 aromatic carbocycles. The van der Waals surface area contributed by atoms with E-state index in [1.54, 1.807) is 11.9 Å². The van der Waals surface area contributed by atoms with E-state index < -0.39 is 11.9 Å². The molecule has 2 atom stereocenters. The number of methoxy groups -OCH3 is 1. The fourth-order valence-electron chi connectivity index (χ4n) is 7.60. The summed E-state index contributed by atoms with van der Waals surface area (Å²) in [6.07, 6.45) is 10.3. The average Bonchev–Trinajstić information content (AvgIpc) is 3.84. The van der Waals surface area contributed by atoms with Crippen LogP contribution in [0, 0.1) is 19.7 Å². The van der Waals surface area contributed by atoms with Gasteiger partial charge in [0.15, 0.2) is 5.43 Å². The number of anilines is 2. The van der Waals surface area contributed by atoms with Crippen LogP contribution in [0.3, 0.4) is 0 Å². The fraction of sp³-hybridized carbons (Fsp3) is 0.474. The zero-order chi connectivity index (χ0) is 34.2. The van der Waals surface area contributed by atoms with Crippen molar-refractivity contribution in [3.8, 4) is 0 Å². The van der Waals surface area contributed by atoms with Gasteiger partial charge >= 0.3 is 6.09 Å². The number of amides is 1. The quantitative estimate of drug-likeness (QED) is 0.221.